The molecular weight excluding hydrogens is 212 g/mol. The molecule has 0 unspecified atom stereocenters. The quantitative estimate of drug-likeness (QED) is 0.803. The second kappa shape index (κ2) is 3.91. The molecule has 0 radical (unpaired) electrons. The molecule has 0 saturated carbocycles. The molecule has 0 aliphatic carbocycles. The van der Waals surface area contributed by atoms with Crippen LogP contribution in [0.3, 0.4) is 0 Å². The zero-order valence-electron chi connectivity index (χ0n) is 10.7. The second-order valence-electron chi connectivity index (χ2n) is 5.39. The van der Waals surface area contributed by atoms with Crippen molar-refractivity contribution in [1.82, 2.24) is 9.78 Å². The molecule has 0 atom stereocenters. The van der Waals surface area contributed by atoms with Gasteiger partial charge in [0.1, 0.15) is 0 Å². The largest absolute Gasteiger partial charge is 0.298 e. The van der Waals surface area contributed by atoms with E-state index in [4.69, 9.17) is 0 Å². The van der Waals surface area contributed by atoms with E-state index in [0.29, 0.717) is 0 Å². The molecule has 1 aromatic heterocycles. The standard InChI is InChI=1S/C14H18N2O/c1-10-9-15-16(13(10)17)12-7-5-11(6-8-12)14(2,3)4/h5-9,15H,1-4H3. The zero-order valence-corrected chi connectivity index (χ0v) is 10.7. The Labute approximate surface area is 101 Å². The van der Waals surface area contributed by atoms with Crippen LogP contribution in [0.15, 0.2) is 35.3 Å². The van der Waals surface area contributed by atoms with Crippen LogP contribution >= 0.6 is 0 Å². The van der Waals surface area contributed by atoms with Crippen molar-refractivity contribution in [3.8, 4) is 5.69 Å². The molecule has 2 aromatic rings. The van der Waals surface area contributed by atoms with E-state index in [9.17, 15) is 4.79 Å². The molecule has 0 saturated heterocycles. The topological polar surface area (TPSA) is 37.8 Å². The summed E-state index contributed by atoms with van der Waals surface area (Å²) in [5.74, 6) is 0. The minimum atomic E-state index is 0.00788. The predicted octanol–water partition coefficient (Wildman–Crippen LogP) is 2.77. The third-order valence-corrected chi connectivity index (χ3v) is 2.94. The summed E-state index contributed by atoms with van der Waals surface area (Å²) in [5, 5.41) is 2.95. The molecule has 2 rings (SSSR count). The first-order chi connectivity index (χ1) is 7.89. The van der Waals surface area contributed by atoms with Crippen molar-refractivity contribution in [1.29, 1.82) is 0 Å². The monoisotopic (exact) mass is 230 g/mol. The van der Waals surface area contributed by atoms with Gasteiger partial charge < -0.3 is 0 Å². The molecule has 1 N–H and O–H groups in total. The number of nitrogens with one attached hydrogen (secondary N) is 1. The van der Waals surface area contributed by atoms with Crippen LogP contribution in [0.1, 0.15) is 31.9 Å². The minimum absolute atomic E-state index is 0.00788. The predicted molar refractivity (Wildman–Crippen MR) is 69.8 cm³/mol. The van der Waals surface area contributed by atoms with E-state index in [1.54, 1.807) is 17.8 Å². The summed E-state index contributed by atoms with van der Waals surface area (Å²) in [4.78, 5) is 11.8. The number of hydrogen-bond donors (Lipinski definition) is 1. The normalized spacial score (nSPS) is 11.8. The first-order valence-corrected chi connectivity index (χ1v) is 5.77. The van der Waals surface area contributed by atoms with Crippen LogP contribution < -0.4 is 5.56 Å². The van der Waals surface area contributed by atoms with Gasteiger partial charge in [0.15, 0.2) is 0 Å². The Kier molecular flexibility index (Phi) is 2.69. The van der Waals surface area contributed by atoms with Gasteiger partial charge in [0.25, 0.3) is 5.56 Å². The molecule has 3 nitrogen and oxygen atoms in total. The number of hydrogen-bond acceptors (Lipinski definition) is 1. The van der Waals surface area contributed by atoms with Gasteiger partial charge in [-0.25, -0.2) is 4.68 Å². The van der Waals surface area contributed by atoms with E-state index in [-0.39, 0.29) is 11.0 Å². The highest BCUT2D eigenvalue weighted by Crippen LogP contribution is 2.22. The third-order valence-electron chi connectivity index (χ3n) is 2.94. The van der Waals surface area contributed by atoms with Crippen molar-refractivity contribution in [2.75, 3.05) is 0 Å². The molecule has 0 fully saturated rings. The number of aromatic amines is 1. The van der Waals surface area contributed by atoms with Crippen LogP contribution in [0, 0.1) is 6.92 Å². The minimum Gasteiger partial charge on any atom is -0.298 e. The summed E-state index contributed by atoms with van der Waals surface area (Å²) in [5.41, 5.74) is 3.00. The maximum atomic E-state index is 11.8. The van der Waals surface area contributed by atoms with Crippen molar-refractivity contribution < 1.29 is 0 Å². The summed E-state index contributed by atoms with van der Waals surface area (Å²) < 4.78 is 1.56. The van der Waals surface area contributed by atoms with Crippen LogP contribution in [0.2, 0.25) is 0 Å². The Morgan fingerprint density at radius 1 is 1.12 bits per heavy atom. The first-order valence-electron chi connectivity index (χ1n) is 5.77. The molecule has 17 heavy (non-hydrogen) atoms. The van der Waals surface area contributed by atoms with E-state index >= 15 is 0 Å². The maximum absolute atomic E-state index is 11.8. The molecule has 0 aliphatic rings. The van der Waals surface area contributed by atoms with Crippen LogP contribution in [-0.2, 0) is 5.41 Å². The van der Waals surface area contributed by atoms with Gasteiger partial charge in [-0.15, -0.1) is 0 Å². The fourth-order valence-corrected chi connectivity index (χ4v) is 1.76. The van der Waals surface area contributed by atoms with Gasteiger partial charge in [-0.05, 0) is 30.0 Å². The van der Waals surface area contributed by atoms with E-state index in [0.717, 1.165) is 11.3 Å². The van der Waals surface area contributed by atoms with Crippen LogP contribution in [0.5, 0.6) is 0 Å². The van der Waals surface area contributed by atoms with Gasteiger partial charge >= 0.3 is 0 Å². The summed E-state index contributed by atoms with van der Waals surface area (Å²) in [6, 6.07) is 8.08. The van der Waals surface area contributed by atoms with Crippen molar-refractivity contribution in [2.45, 2.75) is 33.1 Å². The molecule has 1 aromatic carbocycles. The lowest BCUT2D eigenvalue weighted by atomic mass is 9.87. The fraction of sp³-hybridized carbons (Fsp3) is 0.357. The van der Waals surface area contributed by atoms with Gasteiger partial charge in [0.05, 0.1) is 5.69 Å². The van der Waals surface area contributed by atoms with E-state index in [1.165, 1.54) is 5.56 Å². The maximum Gasteiger partial charge on any atom is 0.274 e. The SMILES string of the molecule is Cc1c[nH]n(-c2ccc(C(C)(C)C)cc2)c1=O. The van der Waals surface area contributed by atoms with Crippen molar-refractivity contribution >= 4 is 0 Å². The number of benzene rings is 1. The van der Waals surface area contributed by atoms with Gasteiger partial charge in [0.2, 0.25) is 0 Å². The van der Waals surface area contributed by atoms with Crippen LogP contribution in [0.4, 0.5) is 0 Å². The van der Waals surface area contributed by atoms with Crippen LogP contribution in [-0.4, -0.2) is 9.78 Å². The number of rotatable bonds is 1. The van der Waals surface area contributed by atoms with Gasteiger partial charge in [-0.1, -0.05) is 32.9 Å². The average molecular weight is 230 g/mol. The Morgan fingerprint density at radius 2 is 1.71 bits per heavy atom. The Balaban J connectivity index is 2.43. The average Bonchev–Trinajstić information content (AvgIpc) is 2.59. The number of aromatic nitrogens is 2. The molecule has 0 spiro atoms. The summed E-state index contributed by atoms with van der Waals surface area (Å²) in [7, 11) is 0. The molecule has 3 heteroatoms. The number of aryl methyl sites for hydroxylation is 1. The number of nitrogens with zero attached hydrogens (tertiary/aromatic N) is 1. The lowest BCUT2D eigenvalue weighted by molar-refractivity contribution is 0.590. The Hall–Kier alpha value is -1.77. The highest BCUT2D eigenvalue weighted by Gasteiger charge is 2.13. The zero-order chi connectivity index (χ0) is 12.6. The Bertz CT molecular complexity index is 568. The fourth-order valence-electron chi connectivity index (χ4n) is 1.76. The third kappa shape index (κ3) is 2.18. The van der Waals surface area contributed by atoms with Gasteiger partial charge in [-0.2, -0.15) is 0 Å². The van der Waals surface area contributed by atoms with E-state index in [2.05, 4.69) is 38.0 Å². The molecule has 90 valence electrons. The summed E-state index contributed by atoms with van der Waals surface area (Å²) in [6.45, 7) is 8.33. The highest BCUT2D eigenvalue weighted by molar-refractivity contribution is 5.36. The first kappa shape index (κ1) is 11.7. The van der Waals surface area contributed by atoms with Crippen molar-refractivity contribution in [2.24, 2.45) is 0 Å². The molecule has 0 bridgehead atoms. The van der Waals surface area contributed by atoms with Gasteiger partial charge in [0, 0.05) is 11.8 Å². The van der Waals surface area contributed by atoms with E-state index in [1.807, 2.05) is 12.1 Å². The van der Waals surface area contributed by atoms with Crippen molar-refractivity contribution in [3.63, 3.8) is 0 Å². The molecule has 1 heterocycles. The lowest BCUT2D eigenvalue weighted by Crippen LogP contribution is -2.16. The molecular formula is C14H18N2O. The van der Waals surface area contributed by atoms with Gasteiger partial charge in [-0.3, -0.25) is 9.89 Å². The number of H-pyrrole nitrogens is 1. The smallest absolute Gasteiger partial charge is 0.274 e. The van der Waals surface area contributed by atoms with Crippen LogP contribution in [0.25, 0.3) is 5.69 Å². The lowest BCUT2D eigenvalue weighted by Gasteiger charge is -2.19. The Morgan fingerprint density at radius 3 is 2.12 bits per heavy atom. The summed E-state index contributed by atoms with van der Waals surface area (Å²) in [6.07, 6.45) is 1.72. The summed E-state index contributed by atoms with van der Waals surface area (Å²) >= 11 is 0. The molecule has 0 aliphatic heterocycles. The van der Waals surface area contributed by atoms with Crippen molar-refractivity contribution in [3.05, 3.63) is 51.9 Å². The highest BCUT2D eigenvalue weighted by atomic mass is 16.1. The molecule has 0 amide bonds. The second-order valence-corrected chi connectivity index (χ2v) is 5.39. The van der Waals surface area contributed by atoms with E-state index < -0.39 is 0 Å².